The van der Waals surface area contributed by atoms with Crippen LogP contribution in [0.15, 0.2) is 29.2 Å². The molecule has 1 saturated carbocycles. The fraction of sp³-hybridized carbons (Fsp3) is 0.562. The van der Waals surface area contributed by atoms with Gasteiger partial charge in [-0.15, -0.1) is 0 Å². The third kappa shape index (κ3) is 4.90. The molecule has 1 aromatic rings. The second-order valence-corrected chi connectivity index (χ2v) is 7.52. The van der Waals surface area contributed by atoms with E-state index in [0.717, 1.165) is 37.5 Å². The molecule has 122 valence electrons. The van der Waals surface area contributed by atoms with Crippen molar-refractivity contribution >= 4 is 16.3 Å². The van der Waals surface area contributed by atoms with Crippen molar-refractivity contribution in [2.24, 2.45) is 5.92 Å². The van der Waals surface area contributed by atoms with Crippen LogP contribution in [-0.2, 0) is 19.6 Å². The second-order valence-electron chi connectivity index (χ2n) is 5.76. The summed E-state index contributed by atoms with van der Waals surface area (Å²) < 4.78 is 32.5. The van der Waals surface area contributed by atoms with Crippen LogP contribution in [0, 0.1) is 12.8 Å². The molecule has 1 aliphatic rings. The molecule has 0 spiro atoms. The summed E-state index contributed by atoms with van der Waals surface area (Å²) in [6.45, 7) is 2.46. The molecule has 1 aliphatic carbocycles. The van der Waals surface area contributed by atoms with Gasteiger partial charge >= 0.3 is 0 Å². The Kier molecular flexibility index (Phi) is 6.11. The van der Waals surface area contributed by atoms with E-state index in [2.05, 4.69) is 4.72 Å². The average Bonchev–Trinajstić information content (AvgIpc) is 2.52. The summed E-state index contributed by atoms with van der Waals surface area (Å²) in [5.41, 5.74) is 0.908. The molecule has 0 atom stereocenters. The zero-order valence-corrected chi connectivity index (χ0v) is 13.6. The van der Waals surface area contributed by atoms with Crippen molar-refractivity contribution in [1.82, 2.24) is 4.72 Å². The normalized spacial score (nSPS) is 22.4. The lowest BCUT2D eigenvalue weighted by molar-refractivity contribution is -0.112. The van der Waals surface area contributed by atoms with E-state index in [1.807, 2.05) is 13.0 Å². The molecule has 0 amide bonds. The highest BCUT2D eigenvalue weighted by molar-refractivity contribution is 7.89. The van der Waals surface area contributed by atoms with Crippen LogP contribution >= 0.6 is 0 Å². The van der Waals surface area contributed by atoms with Crippen LogP contribution in [0.4, 0.5) is 0 Å². The monoisotopic (exact) mass is 325 g/mol. The lowest BCUT2D eigenvalue weighted by Gasteiger charge is -2.25. The number of carbonyl (C=O) groups is 1. The van der Waals surface area contributed by atoms with E-state index in [0.29, 0.717) is 6.61 Å². The topological polar surface area (TPSA) is 72.5 Å². The molecule has 0 radical (unpaired) electrons. The summed E-state index contributed by atoms with van der Waals surface area (Å²) in [5, 5.41) is 0. The number of aldehydes is 1. The molecular formula is C16H23NO4S. The summed E-state index contributed by atoms with van der Waals surface area (Å²) in [6.07, 6.45) is 4.63. The third-order valence-electron chi connectivity index (χ3n) is 3.96. The Morgan fingerprint density at radius 3 is 2.64 bits per heavy atom. The summed E-state index contributed by atoms with van der Waals surface area (Å²) >= 11 is 0. The van der Waals surface area contributed by atoms with Gasteiger partial charge in [0.1, 0.15) is 6.29 Å². The number of benzene rings is 1. The van der Waals surface area contributed by atoms with Gasteiger partial charge in [0.2, 0.25) is 10.0 Å². The van der Waals surface area contributed by atoms with E-state index in [-0.39, 0.29) is 23.5 Å². The predicted octanol–water partition coefficient (Wildman–Crippen LogP) is 2.05. The molecule has 5 nitrogen and oxygen atoms in total. The Morgan fingerprint density at radius 1 is 1.27 bits per heavy atom. The summed E-state index contributed by atoms with van der Waals surface area (Å²) in [6, 6.07) is 6.81. The molecule has 0 saturated heterocycles. The lowest BCUT2D eigenvalue weighted by atomic mass is 9.88. The van der Waals surface area contributed by atoms with Crippen LogP contribution in [-0.4, -0.2) is 34.0 Å². The zero-order valence-electron chi connectivity index (χ0n) is 12.8. The van der Waals surface area contributed by atoms with Gasteiger partial charge in [-0.1, -0.05) is 12.1 Å². The molecule has 22 heavy (non-hydrogen) atoms. The molecule has 0 unspecified atom stereocenters. The first kappa shape index (κ1) is 17.1. The summed E-state index contributed by atoms with van der Waals surface area (Å²) in [7, 11) is -3.47. The van der Waals surface area contributed by atoms with Crippen LogP contribution in [0.25, 0.3) is 0 Å². The van der Waals surface area contributed by atoms with Gasteiger partial charge in [0.25, 0.3) is 0 Å². The van der Waals surface area contributed by atoms with Crippen LogP contribution in [0.3, 0.4) is 0 Å². The maximum absolute atomic E-state index is 12.1. The van der Waals surface area contributed by atoms with E-state index in [4.69, 9.17) is 4.74 Å². The first-order chi connectivity index (χ1) is 10.5. The first-order valence-electron chi connectivity index (χ1n) is 7.64. The molecule has 0 aromatic heterocycles. The van der Waals surface area contributed by atoms with Gasteiger partial charge in [0.15, 0.2) is 0 Å². The van der Waals surface area contributed by atoms with Crippen molar-refractivity contribution < 1.29 is 17.9 Å². The van der Waals surface area contributed by atoms with Crippen LogP contribution in [0.2, 0.25) is 0 Å². The second kappa shape index (κ2) is 7.85. The highest BCUT2D eigenvalue weighted by Gasteiger charge is 2.21. The van der Waals surface area contributed by atoms with Crippen molar-refractivity contribution in [1.29, 1.82) is 0 Å². The highest BCUT2D eigenvalue weighted by Crippen LogP contribution is 2.24. The maximum Gasteiger partial charge on any atom is 0.240 e. The fourth-order valence-electron chi connectivity index (χ4n) is 2.66. The Labute approximate surface area is 132 Å². The number of aryl methyl sites for hydroxylation is 1. The number of nitrogens with one attached hydrogen (secondary N) is 1. The van der Waals surface area contributed by atoms with Gasteiger partial charge < -0.3 is 9.53 Å². The number of sulfonamides is 1. The zero-order chi connectivity index (χ0) is 16.0. The van der Waals surface area contributed by atoms with Gasteiger partial charge in [0, 0.05) is 12.5 Å². The van der Waals surface area contributed by atoms with Crippen molar-refractivity contribution in [2.45, 2.75) is 43.6 Å². The van der Waals surface area contributed by atoms with E-state index >= 15 is 0 Å². The molecule has 1 aromatic carbocycles. The van der Waals surface area contributed by atoms with Crippen LogP contribution in [0.1, 0.15) is 31.2 Å². The molecular weight excluding hydrogens is 302 g/mol. The number of carbonyl (C=O) groups excluding carboxylic acids is 1. The van der Waals surface area contributed by atoms with Crippen LogP contribution < -0.4 is 4.72 Å². The molecule has 6 heteroatoms. The smallest absolute Gasteiger partial charge is 0.240 e. The van der Waals surface area contributed by atoms with Gasteiger partial charge in [-0.05, 0) is 50.3 Å². The van der Waals surface area contributed by atoms with E-state index in [1.54, 1.807) is 18.2 Å². The Balaban J connectivity index is 1.73. The maximum atomic E-state index is 12.1. The SMILES string of the molecule is Cc1cccc(S(=O)(=O)NCCOC2CCC(C=O)CC2)c1. The lowest BCUT2D eigenvalue weighted by Crippen LogP contribution is -2.30. The standard InChI is InChI=1S/C16H23NO4S/c1-13-3-2-4-16(11-13)22(19,20)17-9-10-21-15-7-5-14(12-18)6-8-15/h2-4,11-12,14-15,17H,5-10H2,1H3. The van der Waals surface area contributed by atoms with Crippen LogP contribution in [0.5, 0.6) is 0 Å². The van der Waals surface area contributed by atoms with Crippen molar-refractivity contribution in [2.75, 3.05) is 13.2 Å². The average molecular weight is 325 g/mol. The molecule has 2 rings (SSSR count). The van der Waals surface area contributed by atoms with Crippen molar-refractivity contribution in [3.8, 4) is 0 Å². The number of rotatable bonds is 7. The third-order valence-corrected chi connectivity index (χ3v) is 5.42. The summed E-state index contributed by atoms with van der Waals surface area (Å²) in [5.74, 6) is 0.166. The Hall–Kier alpha value is -1.24. The minimum absolute atomic E-state index is 0.139. The molecule has 0 bridgehead atoms. The van der Waals surface area contributed by atoms with E-state index in [9.17, 15) is 13.2 Å². The van der Waals surface area contributed by atoms with Crippen molar-refractivity contribution in [3.05, 3.63) is 29.8 Å². The Bertz CT molecular complexity index is 592. The van der Waals surface area contributed by atoms with Gasteiger partial charge in [-0.25, -0.2) is 13.1 Å². The fourth-order valence-corrected chi connectivity index (χ4v) is 3.78. The predicted molar refractivity (Wildman–Crippen MR) is 84.1 cm³/mol. The van der Waals surface area contributed by atoms with Crippen molar-refractivity contribution in [3.63, 3.8) is 0 Å². The first-order valence-corrected chi connectivity index (χ1v) is 9.13. The van der Waals surface area contributed by atoms with Gasteiger partial charge in [-0.3, -0.25) is 0 Å². The Morgan fingerprint density at radius 2 is 2.00 bits per heavy atom. The highest BCUT2D eigenvalue weighted by atomic mass is 32.2. The number of hydrogen-bond donors (Lipinski definition) is 1. The molecule has 0 heterocycles. The van der Waals surface area contributed by atoms with Gasteiger partial charge in [0.05, 0.1) is 17.6 Å². The minimum Gasteiger partial charge on any atom is -0.377 e. The molecule has 0 aliphatic heterocycles. The molecule has 1 fully saturated rings. The van der Waals surface area contributed by atoms with Gasteiger partial charge in [-0.2, -0.15) is 0 Å². The largest absolute Gasteiger partial charge is 0.377 e. The quantitative estimate of drug-likeness (QED) is 0.615. The van der Waals surface area contributed by atoms with E-state index in [1.165, 1.54) is 0 Å². The molecule has 1 N–H and O–H groups in total. The summed E-state index contributed by atoms with van der Waals surface area (Å²) in [4.78, 5) is 11.0. The number of ether oxygens (including phenoxy) is 1. The number of hydrogen-bond acceptors (Lipinski definition) is 4. The minimum atomic E-state index is -3.47. The van der Waals surface area contributed by atoms with E-state index < -0.39 is 10.0 Å².